The Hall–Kier alpha value is -1.51. The number of urea groups is 1. The van der Waals surface area contributed by atoms with Crippen LogP contribution in [0.25, 0.3) is 0 Å². The second kappa shape index (κ2) is 7.82. The van der Waals surface area contributed by atoms with E-state index in [9.17, 15) is 22.8 Å². The van der Waals surface area contributed by atoms with E-state index in [-0.39, 0.29) is 19.1 Å². The predicted molar refractivity (Wildman–Crippen MR) is 59.7 cm³/mol. The van der Waals surface area contributed by atoms with E-state index in [2.05, 4.69) is 15.4 Å². The van der Waals surface area contributed by atoms with Crippen LogP contribution in [0, 0.1) is 5.92 Å². The van der Waals surface area contributed by atoms with Crippen molar-refractivity contribution < 1.29 is 32.6 Å². The van der Waals surface area contributed by atoms with Crippen molar-refractivity contribution in [3.05, 3.63) is 0 Å². The van der Waals surface area contributed by atoms with Crippen LogP contribution in [0.3, 0.4) is 0 Å². The Labute approximate surface area is 108 Å². The van der Waals surface area contributed by atoms with Gasteiger partial charge in [-0.1, -0.05) is 13.8 Å². The minimum absolute atomic E-state index is 0.146. The summed E-state index contributed by atoms with van der Waals surface area (Å²) >= 11 is 0. The van der Waals surface area contributed by atoms with E-state index in [0.29, 0.717) is 0 Å². The first kappa shape index (κ1) is 17.5. The first-order valence-corrected chi connectivity index (χ1v) is 5.55. The van der Waals surface area contributed by atoms with Gasteiger partial charge in [0, 0.05) is 6.54 Å². The van der Waals surface area contributed by atoms with Gasteiger partial charge < -0.3 is 20.5 Å². The average Bonchev–Trinajstić information content (AvgIpc) is 2.22. The number of carboxylic acid groups (broad SMARTS) is 1. The molecule has 0 aliphatic heterocycles. The van der Waals surface area contributed by atoms with Crippen molar-refractivity contribution in [2.45, 2.75) is 26.1 Å². The third-order valence-corrected chi connectivity index (χ3v) is 2.02. The summed E-state index contributed by atoms with van der Waals surface area (Å²) in [5.74, 6) is -1.50. The van der Waals surface area contributed by atoms with E-state index >= 15 is 0 Å². The van der Waals surface area contributed by atoms with Gasteiger partial charge in [0.15, 0.2) is 0 Å². The van der Waals surface area contributed by atoms with Gasteiger partial charge in [0.2, 0.25) is 0 Å². The van der Waals surface area contributed by atoms with Gasteiger partial charge in [0.1, 0.15) is 12.6 Å². The van der Waals surface area contributed by atoms with Crippen LogP contribution in [0.2, 0.25) is 0 Å². The van der Waals surface area contributed by atoms with Gasteiger partial charge in [-0.3, -0.25) is 0 Å². The van der Waals surface area contributed by atoms with Gasteiger partial charge in [-0.2, -0.15) is 13.2 Å². The van der Waals surface area contributed by atoms with E-state index in [4.69, 9.17) is 5.11 Å². The molecule has 0 rings (SSSR count). The lowest BCUT2D eigenvalue weighted by Crippen LogP contribution is -2.49. The fourth-order valence-corrected chi connectivity index (χ4v) is 1.13. The van der Waals surface area contributed by atoms with Crippen LogP contribution in [0.15, 0.2) is 0 Å². The molecule has 6 nitrogen and oxygen atoms in total. The molecule has 1 atom stereocenters. The molecule has 0 spiro atoms. The molecule has 0 bridgehead atoms. The highest BCUT2D eigenvalue weighted by Crippen LogP contribution is 2.13. The summed E-state index contributed by atoms with van der Waals surface area (Å²) in [4.78, 5) is 22.0. The lowest BCUT2D eigenvalue weighted by molar-refractivity contribution is -0.173. The highest BCUT2D eigenvalue weighted by Gasteiger charge is 2.27. The summed E-state index contributed by atoms with van der Waals surface area (Å²) < 4.78 is 39.4. The maximum Gasteiger partial charge on any atom is 0.411 e. The minimum Gasteiger partial charge on any atom is -0.480 e. The van der Waals surface area contributed by atoms with Gasteiger partial charge in [0.25, 0.3) is 0 Å². The number of hydrogen-bond acceptors (Lipinski definition) is 3. The number of ether oxygens (including phenoxy) is 1. The van der Waals surface area contributed by atoms with Crippen LogP contribution >= 0.6 is 0 Å². The Kier molecular flexibility index (Phi) is 7.20. The van der Waals surface area contributed by atoms with Crippen molar-refractivity contribution in [1.29, 1.82) is 0 Å². The molecule has 0 aliphatic rings. The van der Waals surface area contributed by atoms with E-state index in [0.717, 1.165) is 0 Å². The molecule has 9 heteroatoms. The molecule has 19 heavy (non-hydrogen) atoms. The molecular weight excluding hydrogens is 269 g/mol. The Bertz CT molecular complexity index is 308. The molecule has 0 heterocycles. The highest BCUT2D eigenvalue weighted by molar-refractivity contribution is 5.82. The van der Waals surface area contributed by atoms with Crippen LogP contribution in [-0.2, 0) is 9.53 Å². The number of aliphatic carboxylic acids is 1. The van der Waals surface area contributed by atoms with Crippen LogP contribution < -0.4 is 10.6 Å². The van der Waals surface area contributed by atoms with Gasteiger partial charge in [-0.25, -0.2) is 9.59 Å². The zero-order chi connectivity index (χ0) is 15.1. The van der Waals surface area contributed by atoms with Gasteiger partial charge in [0.05, 0.1) is 6.61 Å². The van der Waals surface area contributed by atoms with Crippen LogP contribution in [0.5, 0.6) is 0 Å². The van der Waals surface area contributed by atoms with Gasteiger partial charge in [-0.05, 0) is 5.92 Å². The van der Waals surface area contributed by atoms with E-state index in [1.807, 2.05) is 0 Å². The topological polar surface area (TPSA) is 87.7 Å². The smallest absolute Gasteiger partial charge is 0.411 e. The summed E-state index contributed by atoms with van der Waals surface area (Å²) in [6, 6.07) is -1.83. The first-order chi connectivity index (χ1) is 8.63. The monoisotopic (exact) mass is 286 g/mol. The second-order valence-electron chi connectivity index (χ2n) is 4.13. The Morgan fingerprint density at radius 3 is 2.32 bits per heavy atom. The predicted octanol–water partition coefficient (Wildman–Crippen LogP) is 0.974. The number of carboxylic acids is 1. The quantitative estimate of drug-likeness (QED) is 0.609. The van der Waals surface area contributed by atoms with Crippen molar-refractivity contribution in [1.82, 2.24) is 10.6 Å². The number of halogens is 3. The molecule has 0 radical (unpaired) electrons. The van der Waals surface area contributed by atoms with E-state index in [1.165, 1.54) is 0 Å². The molecule has 0 unspecified atom stereocenters. The number of alkyl halides is 3. The molecule has 112 valence electrons. The maximum absolute atomic E-state index is 11.7. The SMILES string of the molecule is CC(C)[C@@H](NC(=O)NCCOCC(F)(F)F)C(=O)O. The third kappa shape index (κ3) is 9.11. The summed E-state index contributed by atoms with van der Waals surface area (Å²) in [5, 5.41) is 13.2. The molecule has 3 N–H and O–H groups in total. The van der Waals surface area contributed by atoms with E-state index < -0.39 is 30.8 Å². The normalized spacial score (nSPS) is 13.2. The summed E-state index contributed by atoms with van der Waals surface area (Å²) in [5.41, 5.74) is 0. The average molecular weight is 286 g/mol. The number of amides is 2. The maximum atomic E-state index is 11.7. The van der Waals surface area contributed by atoms with E-state index in [1.54, 1.807) is 13.8 Å². The molecule has 0 saturated heterocycles. The highest BCUT2D eigenvalue weighted by atomic mass is 19.4. The second-order valence-corrected chi connectivity index (χ2v) is 4.13. The van der Waals surface area contributed by atoms with Gasteiger partial charge in [-0.15, -0.1) is 0 Å². The third-order valence-electron chi connectivity index (χ3n) is 2.02. The molecule has 0 saturated carbocycles. The number of carbonyl (C=O) groups is 2. The number of rotatable bonds is 7. The van der Waals surface area contributed by atoms with Crippen molar-refractivity contribution in [3.8, 4) is 0 Å². The first-order valence-electron chi connectivity index (χ1n) is 5.55. The van der Waals surface area contributed by atoms with Crippen LogP contribution in [0.1, 0.15) is 13.8 Å². The standard InChI is InChI=1S/C10H17F3N2O4/c1-6(2)7(8(16)17)15-9(18)14-3-4-19-5-10(11,12)13/h6-7H,3-5H2,1-2H3,(H,16,17)(H2,14,15,18)/t7-/m1/s1. The van der Waals surface area contributed by atoms with Crippen molar-refractivity contribution >= 4 is 12.0 Å². The lowest BCUT2D eigenvalue weighted by Gasteiger charge is -2.18. The lowest BCUT2D eigenvalue weighted by atomic mass is 10.1. The molecule has 0 aromatic carbocycles. The zero-order valence-electron chi connectivity index (χ0n) is 10.6. The number of carbonyl (C=O) groups excluding carboxylic acids is 1. The molecular formula is C10H17F3N2O4. The van der Waals surface area contributed by atoms with Crippen molar-refractivity contribution in [2.24, 2.45) is 5.92 Å². The van der Waals surface area contributed by atoms with Crippen LogP contribution in [-0.4, -0.2) is 49.1 Å². The fourth-order valence-electron chi connectivity index (χ4n) is 1.13. The minimum atomic E-state index is -4.41. The van der Waals surface area contributed by atoms with Gasteiger partial charge >= 0.3 is 18.2 Å². The number of nitrogens with one attached hydrogen (secondary N) is 2. The number of hydrogen-bond donors (Lipinski definition) is 3. The van der Waals surface area contributed by atoms with Crippen molar-refractivity contribution in [2.75, 3.05) is 19.8 Å². The molecule has 0 aromatic rings. The van der Waals surface area contributed by atoms with Crippen molar-refractivity contribution in [3.63, 3.8) is 0 Å². The Balaban J connectivity index is 3.84. The summed E-state index contributed by atoms with van der Waals surface area (Å²) in [7, 11) is 0. The fraction of sp³-hybridized carbons (Fsp3) is 0.800. The summed E-state index contributed by atoms with van der Waals surface area (Å²) in [6.07, 6.45) is -4.41. The molecule has 2 amide bonds. The Morgan fingerprint density at radius 2 is 1.89 bits per heavy atom. The molecule has 0 fully saturated rings. The largest absolute Gasteiger partial charge is 0.480 e. The molecule has 0 aromatic heterocycles. The van der Waals surface area contributed by atoms with Crippen LogP contribution in [0.4, 0.5) is 18.0 Å². The zero-order valence-corrected chi connectivity index (χ0v) is 10.6. The Morgan fingerprint density at radius 1 is 1.32 bits per heavy atom. The summed E-state index contributed by atoms with van der Waals surface area (Å²) in [6.45, 7) is 1.38. The molecule has 0 aliphatic carbocycles.